The molecule has 5 nitrogen and oxygen atoms in total. The Labute approximate surface area is 217 Å². The fourth-order valence-electron chi connectivity index (χ4n) is 3.41. The fourth-order valence-corrected chi connectivity index (χ4v) is 3.41. The molecule has 0 spiro atoms. The number of ketones is 1. The number of hydrogen-bond donors (Lipinski definition) is 0. The van der Waals surface area contributed by atoms with E-state index in [2.05, 4.69) is 27.7 Å². The van der Waals surface area contributed by atoms with Gasteiger partial charge in [-0.1, -0.05) is 59.4 Å². The van der Waals surface area contributed by atoms with Gasteiger partial charge in [0.25, 0.3) is 0 Å². The third kappa shape index (κ3) is 9.96. The molecule has 0 radical (unpaired) electrons. The molecule has 0 amide bonds. The number of rotatable bonds is 19. The number of ether oxygens (including phenoxy) is 4. The van der Waals surface area contributed by atoms with E-state index in [9.17, 15) is 4.79 Å². The van der Waals surface area contributed by atoms with Crippen molar-refractivity contribution in [3.63, 3.8) is 0 Å². The normalized spacial score (nSPS) is 11.0. The third-order valence-electron chi connectivity index (χ3n) is 5.66. The molecule has 0 fully saturated rings. The third-order valence-corrected chi connectivity index (χ3v) is 5.66. The molecule has 36 heavy (non-hydrogen) atoms. The minimum atomic E-state index is -0.140. The second kappa shape index (κ2) is 17.5. The lowest BCUT2D eigenvalue weighted by atomic mass is 10.1. The predicted octanol–water partition coefficient (Wildman–Crippen LogP) is 8.30. The number of unbranched alkanes of at least 4 members (excludes halogenated alkanes) is 4. The summed E-state index contributed by atoms with van der Waals surface area (Å²) in [5, 5.41) is 0. The maximum atomic E-state index is 13.3. The van der Waals surface area contributed by atoms with Crippen LogP contribution in [-0.4, -0.2) is 32.2 Å². The molecular weight excluding hydrogens is 452 g/mol. The lowest BCUT2D eigenvalue weighted by Crippen LogP contribution is -2.07. The Morgan fingerprint density at radius 1 is 0.694 bits per heavy atom. The summed E-state index contributed by atoms with van der Waals surface area (Å²) in [6.07, 6.45) is 11.4. The van der Waals surface area contributed by atoms with E-state index in [1.165, 1.54) is 0 Å². The number of allylic oxidation sites excluding steroid dienone is 1. The average molecular weight is 497 g/mol. The van der Waals surface area contributed by atoms with Gasteiger partial charge in [-0.25, -0.2) is 0 Å². The van der Waals surface area contributed by atoms with Crippen LogP contribution in [0.3, 0.4) is 0 Å². The SMILES string of the molecule is CCCCOc1ccc(OCCCC)c(/C=C/C(=O)c2cccc(OCCCC)c2OCCCC)c1. The minimum Gasteiger partial charge on any atom is -0.494 e. The van der Waals surface area contributed by atoms with Crippen LogP contribution in [0.15, 0.2) is 42.5 Å². The van der Waals surface area contributed by atoms with Crippen molar-refractivity contribution in [3.05, 3.63) is 53.6 Å². The first-order valence-electron chi connectivity index (χ1n) is 13.6. The van der Waals surface area contributed by atoms with Crippen LogP contribution >= 0.6 is 0 Å². The standard InChI is InChI=1S/C31H44O5/c1-5-9-20-33-26-17-19-29(34-21-10-6-2)25(24-26)16-18-28(32)27-14-13-15-30(35-22-11-7-3)31(27)36-23-12-8-4/h13-19,24H,5-12,20-23H2,1-4H3/b18-16+. The van der Waals surface area contributed by atoms with Crippen molar-refractivity contribution < 1.29 is 23.7 Å². The van der Waals surface area contributed by atoms with Crippen LogP contribution in [0.1, 0.15) is 95.0 Å². The Bertz CT molecular complexity index is 935. The van der Waals surface area contributed by atoms with Crippen LogP contribution < -0.4 is 18.9 Å². The van der Waals surface area contributed by atoms with Crippen molar-refractivity contribution in [3.8, 4) is 23.0 Å². The number of carbonyl (C=O) groups is 1. The van der Waals surface area contributed by atoms with Crippen LogP contribution in [0.4, 0.5) is 0 Å². The van der Waals surface area contributed by atoms with Crippen molar-refractivity contribution in [2.75, 3.05) is 26.4 Å². The summed E-state index contributed by atoms with van der Waals surface area (Å²) < 4.78 is 23.9. The van der Waals surface area contributed by atoms with Crippen LogP contribution in [0.2, 0.25) is 0 Å². The van der Waals surface area contributed by atoms with E-state index >= 15 is 0 Å². The van der Waals surface area contributed by atoms with Gasteiger partial charge in [-0.2, -0.15) is 0 Å². The van der Waals surface area contributed by atoms with Crippen LogP contribution in [-0.2, 0) is 0 Å². The zero-order valence-corrected chi connectivity index (χ0v) is 22.6. The molecule has 0 aliphatic rings. The molecule has 0 aliphatic heterocycles. The van der Waals surface area contributed by atoms with Gasteiger partial charge in [0.1, 0.15) is 11.5 Å². The maximum absolute atomic E-state index is 13.3. The molecule has 0 saturated heterocycles. The van der Waals surface area contributed by atoms with Gasteiger partial charge < -0.3 is 18.9 Å². The highest BCUT2D eigenvalue weighted by Gasteiger charge is 2.16. The van der Waals surface area contributed by atoms with Gasteiger partial charge >= 0.3 is 0 Å². The predicted molar refractivity (Wildman–Crippen MR) is 148 cm³/mol. The van der Waals surface area contributed by atoms with Crippen LogP contribution in [0, 0.1) is 0 Å². The van der Waals surface area contributed by atoms with E-state index in [4.69, 9.17) is 18.9 Å². The molecule has 198 valence electrons. The molecule has 0 aromatic heterocycles. The van der Waals surface area contributed by atoms with Crippen molar-refractivity contribution in [2.45, 2.75) is 79.1 Å². The molecule has 0 unspecified atom stereocenters. The molecule has 0 aliphatic carbocycles. The first-order valence-corrected chi connectivity index (χ1v) is 13.6. The Morgan fingerprint density at radius 3 is 1.92 bits per heavy atom. The van der Waals surface area contributed by atoms with Crippen molar-refractivity contribution in [2.24, 2.45) is 0 Å². The van der Waals surface area contributed by atoms with E-state index in [-0.39, 0.29) is 5.78 Å². The molecule has 0 bridgehead atoms. The van der Waals surface area contributed by atoms with Gasteiger partial charge in [0.15, 0.2) is 17.3 Å². The van der Waals surface area contributed by atoms with Gasteiger partial charge in [-0.05, 0) is 68.2 Å². The molecule has 0 N–H and O–H groups in total. The molecule has 2 rings (SSSR count). The highest BCUT2D eigenvalue weighted by atomic mass is 16.5. The molecule has 0 atom stereocenters. The van der Waals surface area contributed by atoms with Gasteiger partial charge in [-0.3, -0.25) is 4.79 Å². The van der Waals surface area contributed by atoms with Crippen molar-refractivity contribution >= 4 is 11.9 Å². The zero-order valence-electron chi connectivity index (χ0n) is 22.6. The van der Waals surface area contributed by atoms with Crippen LogP contribution in [0.25, 0.3) is 6.08 Å². The van der Waals surface area contributed by atoms with Gasteiger partial charge in [0.2, 0.25) is 0 Å². The highest BCUT2D eigenvalue weighted by Crippen LogP contribution is 2.33. The van der Waals surface area contributed by atoms with Crippen molar-refractivity contribution in [1.82, 2.24) is 0 Å². The molecule has 5 heteroatoms. The van der Waals surface area contributed by atoms with Gasteiger partial charge in [0.05, 0.1) is 32.0 Å². The molecule has 2 aromatic carbocycles. The Hall–Kier alpha value is -2.95. The lowest BCUT2D eigenvalue weighted by Gasteiger charge is -2.15. The fraction of sp³-hybridized carbons (Fsp3) is 0.516. The Morgan fingerprint density at radius 2 is 1.28 bits per heavy atom. The Kier molecular flexibility index (Phi) is 14.2. The summed E-state index contributed by atoms with van der Waals surface area (Å²) in [6.45, 7) is 10.9. The van der Waals surface area contributed by atoms with E-state index in [1.807, 2.05) is 30.3 Å². The second-order valence-corrected chi connectivity index (χ2v) is 8.84. The first-order chi connectivity index (χ1) is 17.6. The number of benzene rings is 2. The quantitative estimate of drug-likeness (QED) is 0.111. The molecule has 0 saturated carbocycles. The van der Waals surface area contributed by atoms with Gasteiger partial charge in [0, 0.05) is 5.56 Å². The summed E-state index contributed by atoms with van der Waals surface area (Å²) in [6, 6.07) is 11.3. The maximum Gasteiger partial charge on any atom is 0.189 e. The topological polar surface area (TPSA) is 54.0 Å². The minimum absolute atomic E-state index is 0.140. The Balaban J connectivity index is 2.30. The molecular formula is C31H44O5. The summed E-state index contributed by atoms with van der Waals surface area (Å²) in [7, 11) is 0. The van der Waals surface area contributed by atoms with E-state index in [1.54, 1.807) is 18.2 Å². The number of carbonyl (C=O) groups excluding carboxylic acids is 1. The lowest BCUT2D eigenvalue weighted by molar-refractivity contribution is 0.104. The van der Waals surface area contributed by atoms with E-state index in [0.717, 1.165) is 68.4 Å². The van der Waals surface area contributed by atoms with Crippen molar-refractivity contribution in [1.29, 1.82) is 0 Å². The van der Waals surface area contributed by atoms with Gasteiger partial charge in [-0.15, -0.1) is 0 Å². The zero-order chi connectivity index (χ0) is 26.0. The van der Waals surface area contributed by atoms with E-state index < -0.39 is 0 Å². The highest BCUT2D eigenvalue weighted by molar-refractivity contribution is 6.09. The van der Waals surface area contributed by atoms with E-state index in [0.29, 0.717) is 43.5 Å². The summed E-state index contributed by atoms with van der Waals surface area (Å²) in [4.78, 5) is 13.3. The monoisotopic (exact) mass is 496 g/mol. The number of para-hydroxylation sites is 1. The summed E-state index contributed by atoms with van der Waals surface area (Å²) >= 11 is 0. The summed E-state index contributed by atoms with van der Waals surface area (Å²) in [5.74, 6) is 2.51. The largest absolute Gasteiger partial charge is 0.494 e. The summed E-state index contributed by atoms with van der Waals surface area (Å²) in [5.41, 5.74) is 1.32. The second-order valence-electron chi connectivity index (χ2n) is 8.84. The average Bonchev–Trinajstić information content (AvgIpc) is 2.89. The van der Waals surface area contributed by atoms with Crippen LogP contribution in [0.5, 0.6) is 23.0 Å². The number of hydrogen-bond acceptors (Lipinski definition) is 5. The smallest absolute Gasteiger partial charge is 0.189 e. The molecule has 2 aromatic rings. The molecule has 0 heterocycles. The first kappa shape index (κ1) is 29.3.